The van der Waals surface area contributed by atoms with Crippen molar-refractivity contribution in [1.29, 1.82) is 0 Å². The van der Waals surface area contributed by atoms with E-state index in [4.69, 9.17) is 4.74 Å². The standard InChI is InChI=1S/C16H22N2O3S/c1-13(2)21-15-4-6-16(7-5-15)22(19,20)17-10-8-14-9-11-18(3)12-14/h4-7,9,11-13,17H,8,10H2,1-3H3. The monoisotopic (exact) mass is 322 g/mol. The van der Waals surface area contributed by atoms with E-state index in [2.05, 4.69) is 4.72 Å². The fraction of sp³-hybridized carbons (Fsp3) is 0.375. The Morgan fingerprint density at radius 3 is 2.41 bits per heavy atom. The van der Waals surface area contributed by atoms with E-state index in [9.17, 15) is 8.42 Å². The van der Waals surface area contributed by atoms with Crippen LogP contribution in [0.5, 0.6) is 5.75 Å². The Balaban J connectivity index is 1.94. The van der Waals surface area contributed by atoms with Gasteiger partial charge in [0.15, 0.2) is 0 Å². The third-order valence-electron chi connectivity index (χ3n) is 3.10. The maximum absolute atomic E-state index is 12.2. The van der Waals surface area contributed by atoms with Crippen LogP contribution in [0.15, 0.2) is 47.6 Å². The third-order valence-corrected chi connectivity index (χ3v) is 4.58. The van der Waals surface area contributed by atoms with Gasteiger partial charge in [0.1, 0.15) is 5.75 Å². The van der Waals surface area contributed by atoms with Gasteiger partial charge in [-0.1, -0.05) is 0 Å². The van der Waals surface area contributed by atoms with Gasteiger partial charge in [-0.3, -0.25) is 0 Å². The first-order valence-electron chi connectivity index (χ1n) is 7.24. The topological polar surface area (TPSA) is 60.3 Å². The Bertz CT molecular complexity index is 703. The molecule has 0 amide bonds. The Hall–Kier alpha value is -1.79. The molecule has 0 bridgehead atoms. The largest absolute Gasteiger partial charge is 0.491 e. The van der Waals surface area contributed by atoms with E-state index < -0.39 is 10.0 Å². The minimum absolute atomic E-state index is 0.0615. The molecular weight excluding hydrogens is 300 g/mol. The summed E-state index contributed by atoms with van der Waals surface area (Å²) in [6, 6.07) is 8.44. The lowest BCUT2D eigenvalue weighted by molar-refractivity contribution is 0.242. The zero-order valence-corrected chi connectivity index (χ0v) is 13.9. The van der Waals surface area contributed by atoms with Crippen LogP contribution in [0.1, 0.15) is 19.4 Å². The van der Waals surface area contributed by atoms with Crippen molar-refractivity contribution < 1.29 is 13.2 Å². The van der Waals surface area contributed by atoms with Gasteiger partial charge in [0.25, 0.3) is 0 Å². The molecule has 5 nitrogen and oxygen atoms in total. The maximum atomic E-state index is 12.2. The number of rotatable bonds is 7. The number of nitrogens with one attached hydrogen (secondary N) is 1. The predicted octanol–water partition coefficient (Wildman–Crippen LogP) is 2.33. The molecule has 120 valence electrons. The highest BCUT2D eigenvalue weighted by Gasteiger charge is 2.13. The van der Waals surface area contributed by atoms with Crippen LogP contribution >= 0.6 is 0 Å². The quantitative estimate of drug-likeness (QED) is 0.851. The zero-order valence-electron chi connectivity index (χ0n) is 13.1. The minimum atomic E-state index is -3.48. The lowest BCUT2D eigenvalue weighted by atomic mass is 10.2. The summed E-state index contributed by atoms with van der Waals surface area (Å²) in [6.07, 6.45) is 4.64. The number of sulfonamides is 1. The van der Waals surface area contributed by atoms with E-state index in [1.165, 1.54) is 0 Å². The maximum Gasteiger partial charge on any atom is 0.240 e. The summed E-state index contributed by atoms with van der Waals surface area (Å²) in [6.45, 7) is 4.22. The number of hydrogen-bond acceptors (Lipinski definition) is 3. The molecule has 0 aliphatic heterocycles. The summed E-state index contributed by atoms with van der Waals surface area (Å²) in [5.74, 6) is 0.665. The van der Waals surface area contributed by atoms with Gasteiger partial charge in [0.2, 0.25) is 10.0 Å². The lowest BCUT2D eigenvalue weighted by Crippen LogP contribution is -2.25. The molecule has 0 radical (unpaired) electrons. The van der Waals surface area contributed by atoms with E-state index in [0.29, 0.717) is 18.7 Å². The average Bonchev–Trinajstić information content (AvgIpc) is 2.84. The molecule has 1 aromatic carbocycles. The predicted molar refractivity (Wildman–Crippen MR) is 86.5 cm³/mol. The van der Waals surface area contributed by atoms with Crippen molar-refractivity contribution in [3.63, 3.8) is 0 Å². The smallest absolute Gasteiger partial charge is 0.240 e. The first kappa shape index (κ1) is 16.6. The normalized spacial score (nSPS) is 11.8. The van der Waals surface area contributed by atoms with Gasteiger partial charge >= 0.3 is 0 Å². The second-order valence-corrected chi connectivity index (χ2v) is 7.24. The first-order chi connectivity index (χ1) is 10.4. The van der Waals surface area contributed by atoms with Crippen LogP contribution < -0.4 is 9.46 Å². The van der Waals surface area contributed by atoms with Crippen molar-refractivity contribution in [3.8, 4) is 5.75 Å². The number of ether oxygens (including phenoxy) is 1. The number of aromatic nitrogens is 1. The molecule has 0 saturated heterocycles. The summed E-state index contributed by atoms with van der Waals surface area (Å²) in [5.41, 5.74) is 1.10. The van der Waals surface area contributed by atoms with Crippen LogP contribution in [0.25, 0.3) is 0 Å². The molecule has 2 aromatic rings. The Labute approximate surface area is 132 Å². The second-order valence-electron chi connectivity index (χ2n) is 5.47. The number of benzene rings is 1. The van der Waals surface area contributed by atoms with Crippen LogP contribution in [0.4, 0.5) is 0 Å². The highest BCUT2D eigenvalue weighted by Crippen LogP contribution is 2.17. The van der Waals surface area contributed by atoms with E-state index in [-0.39, 0.29) is 11.0 Å². The molecule has 0 fully saturated rings. The highest BCUT2D eigenvalue weighted by atomic mass is 32.2. The van der Waals surface area contributed by atoms with Crippen LogP contribution in [0, 0.1) is 0 Å². The summed E-state index contributed by atoms with van der Waals surface area (Å²) in [5, 5.41) is 0. The van der Waals surface area contributed by atoms with Gasteiger partial charge in [-0.25, -0.2) is 13.1 Å². The van der Waals surface area contributed by atoms with Gasteiger partial charge in [-0.05, 0) is 56.2 Å². The Morgan fingerprint density at radius 2 is 1.86 bits per heavy atom. The van der Waals surface area contributed by atoms with Gasteiger partial charge in [-0.2, -0.15) is 0 Å². The molecule has 0 saturated carbocycles. The van der Waals surface area contributed by atoms with Crippen molar-refractivity contribution in [1.82, 2.24) is 9.29 Å². The second kappa shape index (κ2) is 6.98. The fourth-order valence-electron chi connectivity index (χ4n) is 2.09. The van der Waals surface area contributed by atoms with Crippen LogP contribution in [-0.2, 0) is 23.5 Å². The summed E-state index contributed by atoms with van der Waals surface area (Å²) < 4.78 is 34.5. The minimum Gasteiger partial charge on any atom is -0.491 e. The van der Waals surface area contributed by atoms with Crippen molar-refractivity contribution in [2.45, 2.75) is 31.3 Å². The molecule has 0 spiro atoms. The molecule has 6 heteroatoms. The molecular formula is C16H22N2O3S. The molecule has 0 aliphatic carbocycles. The molecule has 0 atom stereocenters. The Morgan fingerprint density at radius 1 is 1.18 bits per heavy atom. The van der Waals surface area contributed by atoms with Crippen molar-refractivity contribution in [2.24, 2.45) is 7.05 Å². The molecule has 1 aromatic heterocycles. The summed E-state index contributed by atoms with van der Waals surface area (Å²) in [4.78, 5) is 0.247. The van der Waals surface area contributed by atoms with E-state index in [1.54, 1.807) is 24.3 Å². The molecule has 22 heavy (non-hydrogen) atoms. The molecule has 2 rings (SSSR count). The number of hydrogen-bond donors (Lipinski definition) is 1. The zero-order chi connectivity index (χ0) is 16.2. The highest BCUT2D eigenvalue weighted by molar-refractivity contribution is 7.89. The summed E-state index contributed by atoms with van der Waals surface area (Å²) >= 11 is 0. The summed E-state index contributed by atoms with van der Waals surface area (Å²) in [7, 11) is -1.54. The number of aryl methyl sites for hydroxylation is 1. The SMILES string of the molecule is CC(C)Oc1ccc(S(=O)(=O)NCCc2ccn(C)c2)cc1. The fourth-order valence-corrected chi connectivity index (χ4v) is 3.12. The van der Waals surface area contributed by atoms with Gasteiger partial charge in [0, 0.05) is 26.0 Å². The molecule has 1 N–H and O–H groups in total. The van der Waals surface area contributed by atoms with E-state index in [0.717, 1.165) is 5.56 Å². The van der Waals surface area contributed by atoms with Crippen molar-refractivity contribution in [3.05, 3.63) is 48.3 Å². The average molecular weight is 322 g/mol. The van der Waals surface area contributed by atoms with Crippen molar-refractivity contribution >= 4 is 10.0 Å². The van der Waals surface area contributed by atoms with Crippen LogP contribution in [0.3, 0.4) is 0 Å². The molecule has 0 unspecified atom stereocenters. The first-order valence-corrected chi connectivity index (χ1v) is 8.72. The van der Waals surface area contributed by atoms with Gasteiger partial charge in [-0.15, -0.1) is 0 Å². The van der Waals surface area contributed by atoms with Gasteiger partial charge in [0.05, 0.1) is 11.0 Å². The van der Waals surface area contributed by atoms with Crippen molar-refractivity contribution in [2.75, 3.05) is 6.54 Å². The van der Waals surface area contributed by atoms with Crippen LogP contribution in [-0.4, -0.2) is 25.6 Å². The van der Waals surface area contributed by atoms with E-state index in [1.807, 2.05) is 43.9 Å². The number of nitrogens with zero attached hydrogens (tertiary/aromatic N) is 1. The van der Waals surface area contributed by atoms with E-state index >= 15 is 0 Å². The molecule has 0 aliphatic rings. The lowest BCUT2D eigenvalue weighted by Gasteiger charge is -2.10. The Kier molecular flexibility index (Phi) is 5.26. The van der Waals surface area contributed by atoms with Gasteiger partial charge < -0.3 is 9.30 Å². The molecule has 1 heterocycles. The third kappa shape index (κ3) is 4.61. The van der Waals surface area contributed by atoms with Crippen LogP contribution in [0.2, 0.25) is 0 Å².